The molecule has 0 spiro atoms. The fraction of sp³-hybridized carbons (Fsp3) is 0.750. The summed E-state index contributed by atoms with van der Waals surface area (Å²) < 4.78 is 0.537. The van der Waals surface area contributed by atoms with Gasteiger partial charge >= 0.3 is 0 Å². The maximum absolute atomic E-state index is 5.19. The third kappa shape index (κ3) is 9.50. The van der Waals surface area contributed by atoms with Crippen LogP contribution in [0.2, 0.25) is 0 Å². The minimum absolute atomic E-state index is 0. The molecule has 0 bridgehead atoms. The first kappa shape index (κ1) is 11.1. The molecule has 0 rings (SSSR count). The third-order valence-electron chi connectivity index (χ3n) is 0.352. The lowest BCUT2D eigenvalue weighted by molar-refractivity contribution is 1.12. The van der Waals surface area contributed by atoms with Crippen LogP contribution in [0.3, 0.4) is 0 Å². The Balaban J connectivity index is 0. The molecule has 8 heavy (non-hydrogen) atoms. The van der Waals surface area contributed by atoms with Crippen LogP contribution < -0.4 is 11.9 Å². The Morgan fingerprint density at radius 3 is 2.00 bits per heavy atom. The van der Waals surface area contributed by atoms with E-state index in [2.05, 4.69) is 26.1 Å². The number of thiocarbonyl (C=S) groups is 1. The molecule has 0 atom stereocenters. The summed E-state index contributed by atoms with van der Waals surface area (Å²) >= 11 is 6.13. The quantitative estimate of drug-likeness (QED) is 0.559. The smallest absolute Gasteiger partial charge is 0.131 e. The lowest BCUT2D eigenvalue weighted by Crippen LogP contribution is -2.05. The van der Waals surface area contributed by atoms with Gasteiger partial charge in [-0.15, -0.1) is 0 Å². The van der Waals surface area contributed by atoms with E-state index in [0.29, 0.717) is 9.57 Å². The minimum atomic E-state index is 0. The highest BCUT2D eigenvalue weighted by molar-refractivity contribution is 8.23. The van der Waals surface area contributed by atoms with Gasteiger partial charge in [-0.1, -0.05) is 37.8 Å². The largest absolute Gasteiger partial charge is 0.385 e. The van der Waals surface area contributed by atoms with Gasteiger partial charge in [0, 0.05) is 5.25 Å². The van der Waals surface area contributed by atoms with Gasteiger partial charge in [-0.25, -0.2) is 0 Å². The summed E-state index contributed by atoms with van der Waals surface area (Å²) in [6.45, 7) is 4.12. The van der Waals surface area contributed by atoms with Crippen LogP contribution in [0.15, 0.2) is 0 Å². The van der Waals surface area contributed by atoms with Crippen LogP contribution in [0.5, 0.6) is 0 Å². The Morgan fingerprint density at radius 2 is 2.00 bits per heavy atom. The van der Waals surface area contributed by atoms with E-state index in [9.17, 15) is 0 Å². The van der Waals surface area contributed by atoms with E-state index in [-0.39, 0.29) is 6.15 Å². The highest BCUT2D eigenvalue weighted by Crippen LogP contribution is 2.07. The monoisotopic (exact) mass is 152 g/mol. The zero-order valence-corrected chi connectivity index (χ0v) is 6.81. The number of hydrogen-bond donors (Lipinski definition) is 2. The molecular formula is C4H12N2S2. The molecule has 0 radical (unpaired) electrons. The van der Waals surface area contributed by atoms with E-state index < -0.39 is 0 Å². The summed E-state index contributed by atoms with van der Waals surface area (Å²) in [6, 6.07) is 0. The molecule has 2 nitrogen and oxygen atoms in total. The van der Waals surface area contributed by atoms with Crippen molar-refractivity contribution in [1.29, 1.82) is 0 Å². The summed E-state index contributed by atoms with van der Waals surface area (Å²) in [5.74, 6) is 0. The highest BCUT2D eigenvalue weighted by Gasteiger charge is 1.92. The first-order valence-electron chi connectivity index (χ1n) is 2.09. The van der Waals surface area contributed by atoms with Gasteiger partial charge in [0.1, 0.15) is 4.32 Å². The number of thioether (sulfide) groups is 1. The fourth-order valence-electron chi connectivity index (χ4n) is 0.232. The van der Waals surface area contributed by atoms with Gasteiger partial charge in [0.25, 0.3) is 0 Å². The van der Waals surface area contributed by atoms with Crippen LogP contribution in [-0.2, 0) is 0 Å². The van der Waals surface area contributed by atoms with Crippen molar-refractivity contribution in [2.75, 3.05) is 0 Å². The molecular weight excluding hydrogens is 140 g/mol. The van der Waals surface area contributed by atoms with Crippen LogP contribution in [0, 0.1) is 0 Å². The molecule has 0 aromatic carbocycles. The van der Waals surface area contributed by atoms with Crippen molar-refractivity contribution in [2.24, 2.45) is 5.73 Å². The molecule has 0 saturated heterocycles. The van der Waals surface area contributed by atoms with E-state index in [1.807, 2.05) is 0 Å². The molecule has 0 aromatic rings. The normalized spacial score (nSPS) is 8.38. The van der Waals surface area contributed by atoms with Crippen LogP contribution in [-0.4, -0.2) is 9.57 Å². The van der Waals surface area contributed by atoms with E-state index in [1.165, 1.54) is 11.8 Å². The Hall–Kier alpha value is 0.200. The lowest BCUT2D eigenvalue weighted by Gasteiger charge is -1.97. The predicted octanol–water partition coefficient (Wildman–Crippen LogP) is 1.53. The summed E-state index contributed by atoms with van der Waals surface area (Å²) in [6.07, 6.45) is 0. The molecule has 0 fully saturated rings. The Morgan fingerprint density at radius 1 is 1.62 bits per heavy atom. The van der Waals surface area contributed by atoms with Crippen molar-refractivity contribution in [2.45, 2.75) is 19.1 Å². The maximum atomic E-state index is 5.19. The summed E-state index contributed by atoms with van der Waals surface area (Å²) in [5, 5.41) is 0.525. The molecule has 0 aromatic heterocycles. The second-order valence-electron chi connectivity index (χ2n) is 1.49. The predicted molar refractivity (Wildman–Crippen MR) is 44.5 cm³/mol. The second-order valence-corrected chi connectivity index (χ2v) is 3.80. The fourth-order valence-corrected chi connectivity index (χ4v) is 1.27. The number of rotatable bonds is 1. The molecule has 0 saturated carbocycles. The molecule has 0 heterocycles. The van der Waals surface area contributed by atoms with Crippen molar-refractivity contribution in [3.05, 3.63) is 0 Å². The molecule has 0 aliphatic heterocycles. The molecule has 4 heteroatoms. The van der Waals surface area contributed by atoms with Crippen LogP contribution in [0.1, 0.15) is 13.8 Å². The zero-order chi connectivity index (χ0) is 5.86. The summed E-state index contributed by atoms with van der Waals surface area (Å²) in [5.41, 5.74) is 5.19. The van der Waals surface area contributed by atoms with Crippen molar-refractivity contribution in [3.8, 4) is 0 Å². The van der Waals surface area contributed by atoms with Crippen molar-refractivity contribution < 1.29 is 0 Å². The van der Waals surface area contributed by atoms with E-state index in [1.54, 1.807) is 0 Å². The van der Waals surface area contributed by atoms with Gasteiger partial charge in [0.05, 0.1) is 0 Å². The van der Waals surface area contributed by atoms with Crippen LogP contribution in [0.25, 0.3) is 0 Å². The number of nitrogens with two attached hydrogens (primary N) is 1. The van der Waals surface area contributed by atoms with Gasteiger partial charge in [-0.3, -0.25) is 0 Å². The first-order chi connectivity index (χ1) is 3.13. The highest BCUT2D eigenvalue weighted by atomic mass is 32.2. The van der Waals surface area contributed by atoms with Crippen molar-refractivity contribution in [1.82, 2.24) is 6.15 Å². The molecule has 0 aliphatic rings. The van der Waals surface area contributed by atoms with Crippen LogP contribution >= 0.6 is 24.0 Å². The van der Waals surface area contributed by atoms with E-state index in [4.69, 9.17) is 5.73 Å². The van der Waals surface area contributed by atoms with Crippen LogP contribution in [0.4, 0.5) is 0 Å². The van der Waals surface area contributed by atoms with Crippen molar-refractivity contribution in [3.63, 3.8) is 0 Å². The third-order valence-corrected chi connectivity index (χ3v) is 1.34. The molecule has 0 aliphatic carbocycles. The van der Waals surface area contributed by atoms with E-state index >= 15 is 0 Å². The average Bonchev–Trinajstić information content (AvgIpc) is 1.27. The zero-order valence-electron chi connectivity index (χ0n) is 5.18. The van der Waals surface area contributed by atoms with E-state index in [0.717, 1.165) is 0 Å². The minimum Gasteiger partial charge on any atom is -0.385 e. The number of hydrogen-bond acceptors (Lipinski definition) is 3. The lowest BCUT2D eigenvalue weighted by atomic mass is 10.6. The molecule has 5 N–H and O–H groups in total. The summed E-state index contributed by atoms with van der Waals surface area (Å²) in [7, 11) is 0. The topological polar surface area (TPSA) is 61.0 Å². The Bertz CT molecular complexity index is 72.4. The molecule has 50 valence electrons. The summed E-state index contributed by atoms with van der Waals surface area (Å²) in [4.78, 5) is 0. The molecule has 0 unspecified atom stereocenters. The second kappa shape index (κ2) is 5.34. The SMILES string of the molecule is CC(C)SC(N)=S.N. The van der Waals surface area contributed by atoms with Gasteiger partial charge in [-0.2, -0.15) is 0 Å². The maximum Gasteiger partial charge on any atom is 0.131 e. The Kier molecular flexibility index (Phi) is 7.38. The van der Waals surface area contributed by atoms with Gasteiger partial charge in [0.15, 0.2) is 0 Å². The van der Waals surface area contributed by atoms with Gasteiger partial charge in [0.2, 0.25) is 0 Å². The van der Waals surface area contributed by atoms with Crippen molar-refractivity contribution >= 4 is 28.3 Å². The first-order valence-corrected chi connectivity index (χ1v) is 3.38. The standard InChI is InChI=1S/C4H9NS2.H3N/c1-3(2)7-4(5)6;/h3H,1-2H3,(H2,5,6);1H3. The van der Waals surface area contributed by atoms with Gasteiger partial charge < -0.3 is 11.9 Å². The molecule has 0 amide bonds. The average molecular weight is 152 g/mol. The Labute approximate surface area is 59.8 Å². The van der Waals surface area contributed by atoms with Gasteiger partial charge in [-0.05, 0) is 0 Å².